The van der Waals surface area contributed by atoms with E-state index in [1.807, 2.05) is 12.1 Å². The number of hydrogen-bond acceptors (Lipinski definition) is 2. The van der Waals surface area contributed by atoms with Crippen molar-refractivity contribution >= 4 is 11.3 Å². The third kappa shape index (κ3) is 3.14. The number of nitrogens with one attached hydrogen (secondary N) is 1. The zero-order chi connectivity index (χ0) is 12.3. The average molecular weight is 249 g/mol. The van der Waals surface area contributed by atoms with E-state index in [-0.39, 0.29) is 5.82 Å². The molecule has 1 aromatic carbocycles. The van der Waals surface area contributed by atoms with Gasteiger partial charge in [0.05, 0.1) is 0 Å². The van der Waals surface area contributed by atoms with Gasteiger partial charge in [-0.15, -0.1) is 0 Å². The number of halogens is 1. The fourth-order valence-corrected chi connectivity index (χ4v) is 2.41. The monoisotopic (exact) mass is 249 g/mol. The maximum absolute atomic E-state index is 13.4. The number of aryl methyl sites for hydroxylation is 1. The standard InChI is InChI=1S/C14H16FNS/c1-10-3-4-12(7-14(10)15)8-16-11(2)13-5-6-17-9-13/h3-7,9,11,16H,8H2,1-2H3. The molecule has 1 atom stereocenters. The highest BCUT2D eigenvalue weighted by Crippen LogP contribution is 2.16. The third-order valence-electron chi connectivity index (χ3n) is 2.89. The SMILES string of the molecule is Cc1ccc(CNC(C)c2ccsc2)cc1F. The first-order chi connectivity index (χ1) is 8.16. The smallest absolute Gasteiger partial charge is 0.126 e. The van der Waals surface area contributed by atoms with Gasteiger partial charge in [0.2, 0.25) is 0 Å². The van der Waals surface area contributed by atoms with Crippen molar-refractivity contribution < 1.29 is 4.39 Å². The predicted octanol–water partition coefficient (Wildman–Crippen LogP) is 4.05. The maximum Gasteiger partial charge on any atom is 0.126 e. The molecule has 0 saturated carbocycles. The van der Waals surface area contributed by atoms with E-state index in [0.29, 0.717) is 18.2 Å². The van der Waals surface area contributed by atoms with E-state index < -0.39 is 0 Å². The highest BCUT2D eigenvalue weighted by atomic mass is 32.1. The zero-order valence-electron chi connectivity index (χ0n) is 10.0. The molecule has 0 aliphatic carbocycles. The van der Waals surface area contributed by atoms with Crippen LogP contribution in [-0.4, -0.2) is 0 Å². The highest BCUT2D eigenvalue weighted by molar-refractivity contribution is 7.07. The largest absolute Gasteiger partial charge is 0.306 e. The molecule has 90 valence electrons. The molecule has 17 heavy (non-hydrogen) atoms. The second-order valence-electron chi connectivity index (χ2n) is 4.24. The van der Waals surface area contributed by atoms with Crippen LogP contribution in [-0.2, 0) is 6.54 Å². The predicted molar refractivity (Wildman–Crippen MR) is 70.7 cm³/mol. The van der Waals surface area contributed by atoms with Crippen LogP contribution in [0.2, 0.25) is 0 Å². The Morgan fingerprint density at radius 2 is 2.18 bits per heavy atom. The van der Waals surface area contributed by atoms with E-state index in [9.17, 15) is 4.39 Å². The van der Waals surface area contributed by atoms with Crippen LogP contribution in [0.4, 0.5) is 4.39 Å². The van der Waals surface area contributed by atoms with Gasteiger partial charge in [-0.3, -0.25) is 0 Å². The van der Waals surface area contributed by atoms with E-state index >= 15 is 0 Å². The van der Waals surface area contributed by atoms with Crippen molar-refractivity contribution in [1.29, 1.82) is 0 Å². The summed E-state index contributed by atoms with van der Waals surface area (Å²) in [5.41, 5.74) is 2.96. The van der Waals surface area contributed by atoms with Crippen LogP contribution in [0.5, 0.6) is 0 Å². The Labute approximate surface area is 105 Å². The van der Waals surface area contributed by atoms with Crippen LogP contribution in [0.25, 0.3) is 0 Å². The minimum atomic E-state index is -0.132. The van der Waals surface area contributed by atoms with Gasteiger partial charge in [-0.2, -0.15) is 11.3 Å². The number of thiophene rings is 1. The van der Waals surface area contributed by atoms with E-state index in [1.165, 1.54) is 5.56 Å². The van der Waals surface area contributed by atoms with Crippen molar-refractivity contribution in [3.05, 3.63) is 57.5 Å². The molecule has 1 N–H and O–H groups in total. The first-order valence-corrected chi connectivity index (χ1v) is 6.61. The van der Waals surface area contributed by atoms with Crippen LogP contribution in [0.15, 0.2) is 35.0 Å². The lowest BCUT2D eigenvalue weighted by Crippen LogP contribution is -2.17. The van der Waals surface area contributed by atoms with Crippen LogP contribution >= 0.6 is 11.3 Å². The summed E-state index contributed by atoms with van der Waals surface area (Å²) in [5, 5.41) is 7.59. The molecule has 2 aromatic rings. The number of benzene rings is 1. The second-order valence-corrected chi connectivity index (χ2v) is 5.02. The Hall–Kier alpha value is -1.19. The topological polar surface area (TPSA) is 12.0 Å². The molecule has 1 aromatic heterocycles. The lowest BCUT2D eigenvalue weighted by molar-refractivity contribution is 0.569. The van der Waals surface area contributed by atoms with Crippen LogP contribution < -0.4 is 5.32 Å². The van der Waals surface area contributed by atoms with Crippen molar-refractivity contribution in [3.63, 3.8) is 0 Å². The fraction of sp³-hybridized carbons (Fsp3) is 0.286. The van der Waals surface area contributed by atoms with Gasteiger partial charge in [-0.25, -0.2) is 4.39 Å². The number of rotatable bonds is 4. The summed E-state index contributed by atoms with van der Waals surface area (Å²) in [6.07, 6.45) is 0. The normalized spacial score (nSPS) is 12.6. The molecule has 3 heteroatoms. The molecule has 1 unspecified atom stereocenters. The van der Waals surface area contributed by atoms with E-state index in [1.54, 1.807) is 24.3 Å². The van der Waals surface area contributed by atoms with Gasteiger partial charge in [0.25, 0.3) is 0 Å². The second kappa shape index (κ2) is 5.43. The molecule has 2 rings (SSSR count). The van der Waals surface area contributed by atoms with Crippen LogP contribution in [0, 0.1) is 12.7 Å². The van der Waals surface area contributed by atoms with Gasteiger partial charge in [-0.05, 0) is 53.4 Å². The van der Waals surface area contributed by atoms with Gasteiger partial charge < -0.3 is 5.32 Å². The average Bonchev–Trinajstić information content (AvgIpc) is 2.84. The molecule has 0 aliphatic rings. The first-order valence-electron chi connectivity index (χ1n) is 5.67. The molecular formula is C14H16FNS. The van der Waals surface area contributed by atoms with E-state index in [2.05, 4.69) is 29.1 Å². The van der Waals surface area contributed by atoms with Crippen molar-refractivity contribution in [2.45, 2.75) is 26.4 Å². The Balaban J connectivity index is 1.96. The van der Waals surface area contributed by atoms with E-state index in [0.717, 1.165) is 5.56 Å². The Morgan fingerprint density at radius 3 is 2.82 bits per heavy atom. The molecule has 0 spiro atoms. The minimum absolute atomic E-state index is 0.132. The van der Waals surface area contributed by atoms with Gasteiger partial charge in [-0.1, -0.05) is 12.1 Å². The lowest BCUT2D eigenvalue weighted by Gasteiger charge is -2.12. The lowest BCUT2D eigenvalue weighted by atomic mass is 10.1. The van der Waals surface area contributed by atoms with Crippen LogP contribution in [0.3, 0.4) is 0 Å². The summed E-state index contributed by atoms with van der Waals surface area (Å²) in [6, 6.07) is 7.79. The molecule has 0 bridgehead atoms. The van der Waals surface area contributed by atoms with Crippen molar-refractivity contribution in [2.24, 2.45) is 0 Å². The summed E-state index contributed by atoms with van der Waals surface area (Å²) < 4.78 is 13.4. The van der Waals surface area contributed by atoms with Gasteiger partial charge in [0.15, 0.2) is 0 Å². The Kier molecular flexibility index (Phi) is 3.92. The van der Waals surface area contributed by atoms with Crippen molar-refractivity contribution in [1.82, 2.24) is 5.32 Å². The number of hydrogen-bond donors (Lipinski definition) is 1. The maximum atomic E-state index is 13.4. The van der Waals surface area contributed by atoms with Gasteiger partial charge >= 0.3 is 0 Å². The first kappa shape index (κ1) is 12.3. The highest BCUT2D eigenvalue weighted by Gasteiger charge is 2.05. The Bertz CT molecular complexity index is 479. The minimum Gasteiger partial charge on any atom is -0.306 e. The van der Waals surface area contributed by atoms with Gasteiger partial charge in [0, 0.05) is 12.6 Å². The molecule has 0 fully saturated rings. The molecule has 1 nitrogen and oxygen atoms in total. The van der Waals surface area contributed by atoms with Crippen molar-refractivity contribution in [3.8, 4) is 0 Å². The zero-order valence-corrected chi connectivity index (χ0v) is 10.9. The summed E-state index contributed by atoms with van der Waals surface area (Å²) in [5.74, 6) is -0.132. The molecular weight excluding hydrogens is 233 g/mol. The molecule has 0 radical (unpaired) electrons. The summed E-state index contributed by atoms with van der Waals surface area (Å²) >= 11 is 1.69. The molecule has 0 aliphatic heterocycles. The molecule has 0 saturated heterocycles. The fourth-order valence-electron chi connectivity index (χ4n) is 1.66. The Morgan fingerprint density at radius 1 is 1.35 bits per heavy atom. The van der Waals surface area contributed by atoms with Gasteiger partial charge in [0.1, 0.15) is 5.82 Å². The van der Waals surface area contributed by atoms with Crippen molar-refractivity contribution in [2.75, 3.05) is 0 Å². The van der Waals surface area contributed by atoms with E-state index in [4.69, 9.17) is 0 Å². The molecule has 1 heterocycles. The summed E-state index contributed by atoms with van der Waals surface area (Å²) in [7, 11) is 0. The van der Waals surface area contributed by atoms with Crippen LogP contribution in [0.1, 0.15) is 29.7 Å². The molecule has 0 amide bonds. The third-order valence-corrected chi connectivity index (χ3v) is 3.59. The quantitative estimate of drug-likeness (QED) is 0.862. The summed E-state index contributed by atoms with van der Waals surface area (Å²) in [4.78, 5) is 0. The summed E-state index contributed by atoms with van der Waals surface area (Å²) in [6.45, 7) is 4.58.